The predicted molar refractivity (Wildman–Crippen MR) is 28.7 cm³/mol. The van der Waals surface area contributed by atoms with Crippen LogP contribution in [-0.2, 0) is 21.6 Å². The third-order valence-electron chi connectivity index (χ3n) is 0. The molecule has 0 aromatic heterocycles. The van der Waals surface area contributed by atoms with Gasteiger partial charge in [0.25, 0.3) is 0 Å². The van der Waals surface area contributed by atoms with Crippen molar-refractivity contribution in [1.82, 2.24) is 0 Å². The molecule has 0 unspecified atom stereocenters. The predicted octanol–water partition coefficient (Wildman–Crippen LogP) is -1.16. The molecular weight excluding hydrogens is 192 g/mol. The molecule has 0 amide bonds. The normalized spacial score (nSPS) is 7.38. The molecule has 1 radical (unpaired) electrons. The van der Waals surface area contributed by atoms with Crippen LogP contribution in [-0.4, -0.2) is 33.5 Å². The largest absolute Gasteiger partial charge is 0 e. The smallest absolute Gasteiger partial charge is 0 e. The first-order valence-electron chi connectivity index (χ1n) is 0.783. The van der Waals surface area contributed by atoms with Crippen LogP contribution in [0, 0.1) is 0 Å². The van der Waals surface area contributed by atoms with Crippen LogP contribution < -0.4 is 0 Å². The molecule has 0 bridgehead atoms. The van der Waals surface area contributed by atoms with Crippen LogP contribution in [0.3, 0.4) is 0 Å². The molecule has 0 aliphatic rings. The standard InChI is InChI=1S/ClH.Li.Mn.H3O4P.H/c;;;1-5(2,3)4;/h1H;;;(H3,1,2,3,4);. The fourth-order valence-electron chi connectivity index (χ4n) is 0. The van der Waals surface area contributed by atoms with E-state index >= 15 is 0 Å². The zero-order chi connectivity index (χ0) is 4.50. The van der Waals surface area contributed by atoms with Gasteiger partial charge in [0, 0.05) is 17.1 Å². The van der Waals surface area contributed by atoms with Crippen LogP contribution in [0.2, 0.25) is 0 Å². The van der Waals surface area contributed by atoms with Gasteiger partial charge in [0.05, 0.1) is 0 Å². The molecule has 0 spiro atoms. The first kappa shape index (κ1) is 22.7. The van der Waals surface area contributed by atoms with Crippen LogP contribution in [0.1, 0.15) is 0 Å². The van der Waals surface area contributed by atoms with Gasteiger partial charge >= 0.3 is 26.7 Å². The Morgan fingerprint density at radius 3 is 1.12 bits per heavy atom. The van der Waals surface area contributed by atoms with Gasteiger partial charge in [-0.2, -0.15) is 0 Å². The van der Waals surface area contributed by atoms with Gasteiger partial charge in [-0.1, -0.05) is 0 Å². The first-order valence-corrected chi connectivity index (χ1v) is 2.35. The summed E-state index contributed by atoms with van der Waals surface area (Å²) in [6.45, 7) is 0. The number of hydrogen-bond donors (Lipinski definition) is 3. The van der Waals surface area contributed by atoms with Crippen molar-refractivity contribution < 1.29 is 36.3 Å². The van der Waals surface area contributed by atoms with Gasteiger partial charge in [0.2, 0.25) is 0 Å². The van der Waals surface area contributed by atoms with Crippen LogP contribution in [0.15, 0.2) is 0 Å². The van der Waals surface area contributed by atoms with Crippen molar-refractivity contribution >= 4 is 39.1 Å². The van der Waals surface area contributed by atoms with E-state index < -0.39 is 7.82 Å². The monoisotopic (exact) mass is 197 g/mol. The molecule has 3 N–H and O–H groups in total. The Balaban J connectivity index is -0.0000000267. The van der Waals surface area contributed by atoms with E-state index in [2.05, 4.69) is 0 Å². The molecule has 0 fully saturated rings. The Kier molecular flexibility index (Phi) is 24.1. The molecule has 0 aliphatic carbocycles. The Hall–Kier alpha value is 1.52. The molecule has 8 heteroatoms. The minimum atomic E-state index is -4.64. The zero-order valence-corrected chi connectivity index (χ0v) is 5.87. The summed E-state index contributed by atoms with van der Waals surface area (Å²) in [6.07, 6.45) is 0. The van der Waals surface area contributed by atoms with Crippen molar-refractivity contribution in [2.45, 2.75) is 0 Å². The van der Waals surface area contributed by atoms with E-state index in [9.17, 15) is 0 Å². The molecule has 49 valence electrons. The van der Waals surface area contributed by atoms with Crippen LogP contribution in [0.25, 0.3) is 0 Å². The van der Waals surface area contributed by atoms with Crippen molar-refractivity contribution in [2.75, 3.05) is 0 Å². The molecule has 0 aromatic rings. The minimum absolute atomic E-state index is 0. The Labute approximate surface area is 75.4 Å². The molecule has 4 nitrogen and oxygen atoms in total. The maximum Gasteiger partial charge on any atom is 0 e. The van der Waals surface area contributed by atoms with Gasteiger partial charge in [0.15, 0.2) is 0 Å². The third kappa shape index (κ3) is 139. The van der Waals surface area contributed by atoms with Crippen molar-refractivity contribution in [2.24, 2.45) is 0 Å². The molecule has 0 saturated carbocycles. The fraction of sp³-hybridized carbons (Fsp3) is 0. The van der Waals surface area contributed by atoms with E-state index in [0.29, 0.717) is 0 Å². The van der Waals surface area contributed by atoms with Gasteiger partial charge < -0.3 is 14.7 Å². The molecule has 0 atom stereocenters. The maximum absolute atomic E-state index is 8.88. The van der Waals surface area contributed by atoms with Gasteiger partial charge in [-0.05, 0) is 0 Å². The Bertz CT molecular complexity index is 62.2. The number of hydrogen-bond acceptors (Lipinski definition) is 1. The first-order chi connectivity index (χ1) is 2.00. The average molecular weight is 197 g/mol. The fourth-order valence-corrected chi connectivity index (χ4v) is 0. The van der Waals surface area contributed by atoms with Crippen LogP contribution in [0.4, 0.5) is 0 Å². The molecule has 0 aliphatic heterocycles. The summed E-state index contributed by atoms with van der Waals surface area (Å²) in [4.78, 5) is 21.6. The Morgan fingerprint density at radius 2 is 1.12 bits per heavy atom. The second-order valence-corrected chi connectivity index (χ2v) is 1.54. The topological polar surface area (TPSA) is 77.8 Å². The summed E-state index contributed by atoms with van der Waals surface area (Å²) in [5, 5.41) is 0. The van der Waals surface area contributed by atoms with Crippen LogP contribution in [0.5, 0.6) is 0 Å². The molecule has 0 saturated heterocycles. The summed E-state index contributed by atoms with van der Waals surface area (Å²) in [5.41, 5.74) is 0. The second kappa shape index (κ2) is 8.52. The van der Waals surface area contributed by atoms with E-state index in [0.717, 1.165) is 0 Å². The van der Waals surface area contributed by atoms with Gasteiger partial charge in [-0.25, -0.2) is 4.57 Å². The summed E-state index contributed by atoms with van der Waals surface area (Å²) >= 11 is 0. The molecule has 0 aromatic carbocycles. The summed E-state index contributed by atoms with van der Waals surface area (Å²) < 4.78 is 8.88. The van der Waals surface area contributed by atoms with E-state index in [4.69, 9.17) is 19.2 Å². The quantitative estimate of drug-likeness (QED) is 0.338. The van der Waals surface area contributed by atoms with Crippen molar-refractivity contribution in [3.8, 4) is 0 Å². The molecule has 8 heavy (non-hydrogen) atoms. The third-order valence-corrected chi connectivity index (χ3v) is 0. The summed E-state index contributed by atoms with van der Waals surface area (Å²) in [5.74, 6) is 0. The summed E-state index contributed by atoms with van der Waals surface area (Å²) in [6, 6.07) is 0. The molecular formula is H5ClLiMnO4P. The van der Waals surface area contributed by atoms with Crippen LogP contribution >= 0.6 is 20.2 Å². The molecule has 0 heterocycles. The van der Waals surface area contributed by atoms with Crippen molar-refractivity contribution in [3.63, 3.8) is 0 Å². The van der Waals surface area contributed by atoms with Gasteiger partial charge in [0.1, 0.15) is 0 Å². The minimum Gasteiger partial charge on any atom is 0 e. The van der Waals surface area contributed by atoms with Crippen molar-refractivity contribution in [3.05, 3.63) is 0 Å². The van der Waals surface area contributed by atoms with Gasteiger partial charge in [-0.15, -0.1) is 12.4 Å². The van der Waals surface area contributed by atoms with E-state index in [1.165, 1.54) is 0 Å². The molecule has 0 rings (SSSR count). The number of phosphoric acid groups is 1. The Morgan fingerprint density at radius 1 is 1.12 bits per heavy atom. The van der Waals surface area contributed by atoms with E-state index in [-0.39, 0.29) is 48.3 Å². The van der Waals surface area contributed by atoms with Crippen molar-refractivity contribution in [1.29, 1.82) is 0 Å². The SMILES string of the molecule is Cl.O=P(O)(O)O.[LiH].[Mn]. The van der Waals surface area contributed by atoms with Gasteiger partial charge in [-0.3, -0.25) is 0 Å². The second-order valence-electron chi connectivity index (χ2n) is 0.513. The van der Waals surface area contributed by atoms with E-state index in [1.54, 1.807) is 0 Å². The zero-order valence-electron chi connectivity index (χ0n) is 2.98. The average Bonchev–Trinajstić information content (AvgIpc) is 0.722. The van der Waals surface area contributed by atoms with E-state index in [1.807, 2.05) is 0 Å². The maximum atomic E-state index is 8.88. The number of rotatable bonds is 0. The summed E-state index contributed by atoms with van der Waals surface area (Å²) in [7, 11) is -4.64. The number of halogens is 1.